The number of rotatable bonds is 5. The molecule has 2 aromatic heterocycles. The van der Waals surface area contributed by atoms with E-state index in [1.807, 2.05) is 41.8 Å². The second-order valence-corrected chi connectivity index (χ2v) is 6.26. The Kier molecular flexibility index (Phi) is 4.35. The summed E-state index contributed by atoms with van der Waals surface area (Å²) < 4.78 is 34.7. The Morgan fingerprint density at radius 3 is 2.59 bits per heavy atom. The van der Waals surface area contributed by atoms with Crippen LogP contribution in [0.5, 0.6) is 0 Å². The standard InChI is InChI=1S/C20H17F2N3O2/c1-13-10-14-6-2-4-8-16(14)24(13)11-19(26)27-12-18-23-15-7-3-5-9-17(15)25(18)20(21)22/h2-10,20H,11-12H2,1H3. The lowest BCUT2D eigenvalue weighted by atomic mass is 10.2. The third kappa shape index (κ3) is 3.16. The summed E-state index contributed by atoms with van der Waals surface area (Å²) in [5.74, 6) is -0.485. The minimum Gasteiger partial charge on any atom is -0.456 e. The van der Waals surface area contributed by atoms with Crippen LogP contribution in [-0.2, 0) is 22.7 Å². The van der Waals surface area contributed by atoms with E-state index in [4.69, 9.17) is 4.74 Å². The van der Waals surface area contributed by atoms with E-state index in [1.165, 1.54) is 0 Å². The number of fused-ring (bicyclic) bond motifs is 2. The molecule has 0 unspecified atom stereocenters. The first kappa shape index (κ1) is 17.2. The van der Waals surface area contributed by atoms with Gasteiger partial charge in [-0.1, -0.05) is 30.3 Å². The first-order valence-electron chi connectivity index (χ1n) is 8.49. The average molecular weight is 369 g/mol. The molecule has 7 heteroatoms. The van der Waals surface area contributed by atoms with Crippen molar-refractivity contribution in [2.75, 3.05) is 0 Å². The van der Waals surface area contributed by atoms with Crippen LogP contribution < -0.4 is 0 Å². The summed E-state index contributed by atoms with van der Waals surface area (Å²) in [6.07, 6.45) is 0. The van der Waals surface area contributed by atoms with Gasteiger partial charge in [-0.15, -0.1) is 0 Å². The zero-order valence-corrected chi connectivity index (χ0v) is 14.6. The highest BCUT2D eigenvalue weighted by atomic mass is 19.3. The lowest BCUT2D eigenvalue weighted by Gasteiger charge is -2.10. The molecule has 0 amide bonds. The molecule has 0 aliphatic heterocycles. The Labute approximate surface area is 153 Å². The van der Waals surface area contributed by atoms with Gasteiger partial charge < -0.3 is 9.30 Å². The molecule has 0 aliphatic rings. The van der Waals surface area contributed by atoms with E-state index in [9.17, 15) is 13.6 Å². The number of hydrogen-bond donors (Lipinski definition) is 0. The molecule has 0 spiro atoms. The van der Waals surface area contributed by atoms with Gasteiger partial charge in [-0.2, -0.15) is 8.78 Å². The topological polar surface area (TPSA) is 49.1 Å². The maximum Gasteiger partial charge on any atom is 0.326 e. The van der Waals surface area contributed by atoms with Gasteiger partial charge in [-0.25, -0.2) is 4.98 Å². The van der Waals surface area contributed by atoms with Crippen molar-refractivity contribution < 1.29 is 18.3 Å². The summed E-state index contributed by atoms with van der Waals surface area (Å²) >= 11 is 0. The number of aryl methyl sites for hydroxylation is 1. The predicted molar refractivity (Wildman–Crippen MR) is 97.5 cm³/mol. The number of ether oxygens (including phenoxy) is 1. The number of aromatic nitrogens is 3. The Bertz CT molecular complexity index is 1130. The lowest BCUT2D eigenvalue weighted by molar-refractivity contribution is -0.146. The van der Waals surface area contributed by atoms with Crippen LogP contribution in [0, 0.1) is 6.92 Å². The van der Waals surface area contributed by atoms with Gasteiger partial charge in [-0.3, -0.25) is 9.36 Å². The van der Waals surface area contributed by atoms with Crippen LogP contribution in [0.15, 0.2) is 54.6 Å². The van der Waals surface area contributed by atoms with E-state index >= 15 is 0 Å². The van der Waals surface area contributed by atoms with Crippen LogP contribution in [0.3, 0.4) is 0 Å². The highest BCUT2D eigenvalue weighted by molar-refractivity contribution is 5.83. The van der Waals surface area contributed by atoms with Crippen LogP contribution in [0.2, 0.25) is 0 Å². The molecule has 2 aromatic carbocycles. The van der Waals surface area contributed by atoms with Crippen molar-refractivity contribution in [2.24, 2.45) is 0 Å². The number of carbonyl (C=O) groups excluding carboxylic acids is 1. The Hall–Kier alpha value is -3.22. The maximum atomic E-state index is 13.4. The molecular formula is C20H17F2N3O2. The molecule has 4 rings (SSSR count). The quantitative estimate of drug-likeness (QED) is 0.489. The molecule has 5 nitrogen and oxygen atoms in total. The van der Waals surface area contributed by atoms with Crippen LogP contribution in [0.25, 0.3) is 21.9 Å². The van der Waals surface area contributed by atoms with Gasteiger partial charge >= 0.3 is 12.5 Å². The minimum absolute atomic E-state index is 0.00819. The van der Waals surface area contributed by atoms with Crippen LogP contribution >= 0.6 is 0 Å². The number of alkyl halides is 2. The molecule has 0 radical (unpaired) electrons. The number of nitrogens with zero attached hydrogens (tertiary/aromatic N) is 3. The lowest BCUT2D eigenvalue weighted by Crippen LogP contribution is -2.16. The Morgan fingerprint density at radius 2 is 1.81 bits per heavy atom. The summed E-state index contributed by atoms with van der Waals surface area (Å²) in [6.45, 7) is -1.16. The van der Waals surface area contributed by atoms with Crippen molar-refractivity contribution in [1.82, 2.24) is 14.1 Å². The second kappa shape index (κ2) is 6.83. The van der Waals surface area contributed by atoms with Crippen molar-refractivity contribution in [3.63, 3.8) is 0 Å². The maximum absolute atomic E-state index is 13.4. The molecule has 0 atom stereocenters. The van der Waals surface area contributed by atoms with Gasteiger partial charge in [0.05, 0.1) is 11.0 Å². The molecule has 138 valence electrons. The third-order valence-corrected chi connectivity index (χ3v) is 4.53. The van der Waals surface area contributed by atoms with Gasteiger partial charge in [0, 0.05) is 11.2 Å². The van der Waals surface area contributed by atoms with Gasteiger partial charge in [0.2, 0.25) is 0 Å². The monoisotopic (exact) mass is 369 g/mol. The molecule has 2 heterocycles. The summed E-state index contributed by atoms with van der Waals surface area (Å²) in [4.78, 5) is 16.5. The van der Waals surface area contributed by atoms with Gasteiger partial charge in [0.25, 0.3) is 0 Å². The molecule has 0 N–H and O–H groups in total. The van der Waals surface area contributed by atoms with Crippen molar-refractivity contribution >= 4 is 27.9 Å². The van der Waals surface area contributed by atoms with E-state index in [1.54, 1.807) is 24.3 Å². The van der Waals surface area contributed by atoms with E-state index in [0.29, 0.717) is 11.0 Å². The van der Waals surface area contributed by atoms with E-state index in [-0.39, 0.29) is 19.0 Å². The number of halogens is 2. The summed E-state index contributed by atoms with van der Waals surface area (Å²) in [5, 5.41) is 1.03. The minimum atomic E-state index is -2.76. The predicted octanol–water partition coefficient (Wildman–Crippen LogP) is 4.44. The fourth-order valence-corrected chi connectivity index (χ4v) is 3.29. The molecule has 27 heavy (non-hydrogen) atoms. The number of benzene rings is 2. The number of hydrogen-bond acceptors (Lipinski definition) is 3. The smallest absolute Gasteiger partial charge is 0.326 e. The van der Waals surface area contributed by atoms with Gasteiger partial charge in [0.1, 0.15) is 13.2 Å². The third-order valence-electron chi connectivity index (χ3n) is 4.53. The fourth-order valence-electron chi connectivity index (χ4n) is 3.29. The summed E-state index contributed by atoms with van der Waals surface area (Å²) in [5.41, 5.74) is 2.60. The van der Waals surface area contributed by atoms with Crippen molar-refractivity contribution in [3.05, 3.63) is 66.1 Å². The highest BCUT2D eigenvalue weighted by Crippen LogP contribution is 2.24. The molecular weight excluding hydrogens is 352 g/mol. The first-order valence-corrected chi connectivity index (χ1v) is 8.49. The molecule has 0 saturated carbocycles. The number of carbonyl (C=O) groups is 1. The van der Waals surface area contributed by atoms with Crippen LogP contribution in [0.1, 0.15) is 18.1 Å². The zero-order valence-electron chi connectivity index (χ0n) is 14.6. The largest absolute Gasteiger partial charge is 0.456 e. The average Bonchev–Trinajstić information content (AvgIpc) is 3.17. The van der Waals surface area contributed by atoms with Crippen LogP contribution in [0.4, 0.5) is 8.78 Å². The highest BCUT2D eigenvalue weighted by Gasteiger charge is 2.19. The van der Waals surface area contributed by atoms with E-state index < -0.39 is 12.5 Å². The van der Waals surface area contributed by atoms with E-state index in [0.717, 1.165) is 21.2 Å². The molecule has 0 fully saturated rings. The van der Waals surface area contributed by atoms with Crippen molar-refractivity contribution in [2.45, 2.75) is 26.6 Å². The van der Waals surface area contributed by atoms with Crippen molar-refractivity contribution in [3.8, 4) is 0 Å². The summed E-state index contributed by atoms with van der Waals surface area (Å²) in [7, 11) is 0. The van der Waals surface area contributed by atoms with Crippen LogP contribution in [-0.4, -0.2) is 20.1 Å². The second-order valence-electron chi connectivity index (χ2n) is 6.26. The van der Waals surface area contributed by atoms with Gasteiger partial charge in [-0.05, 0) is 36.6 Å². The molecule has 0 bridgehead atoms. The number of esters is 1. The zero-order chi connectivity index (χ0) is 19.0. The molecule has 0 saturated heterocycles. The fraction of sp³-hybridized carbons (Fsp3) is 0.200. The molecule has 4 aromatic rings. The Balaban J connectivity index is 1.54. The molecule has 0 aliphatic carbocycles. The van der Waals surface area contributed by atoms with Crippen molar-refractivity contribution in [1.29, 1.82) is 0 Å². The SMILES string of the molecule is Cc1cc2ccccc2n1CC(=O)OCc1nc2ccccc2n1C(F)F. The normalized spacial score (nSPS) is 11.6. The number of para-hydroxylation sites is 3. The number of imidazole rings is 1. The summed E-state index contributed by atoms with van der Waals surface area (Å²) in [6, 6.07) is 16.3. The van der Waals surface area contributed by atoms with Gasteiger partial charge in [0.15, 0.2) is 5.82 Å². The Morgan fingerprint density at radius 1 is 1.11 bits per heavy atom. The van der Waals surface area contributed by atoms with E-state index in [2.05, 4.69) is 4.98 Å². The first-order chi connectivity index (χ1) is 13.0.